The minimum atomic E-state index is -0.783. The highest BCUT2D eigenvalue weighted by molar-refractivity contribution is 5.81. The van der Waals surface area contributed by atoms with Crippen molar-refractivity contribution in [3.8, 4) is 11.5 Å². The molecule has 6 heteroatoms. The van der Waals surface area contributed by atoms with Crippen LogP contribution in [0.5, 0.6) is 11.5 Å². The van der Waals surface area contributed by atoms with Crippen LogP contribution in [0.2, 0.25) is 0 Å². The molecule has 120 valence electrons. The van der Waals surface area contributed by atoms with Gasteiger partial charge >= 0.3 is 5.97 Å². The number of likely N-dealkylation sites (tertiary alicyclic amines) is 1. The Hall–Kier alpha value is -2.24. The van der Waals surface area contributed by atoms with Crippen molar-refractivity contribution in [3.63, 3.8) is 0 Å². The fraction of sp³-hybridized carbons (Fsp3) is 0.500. The minimum absolute atomic E-state index is 0.111. The molecule has 1 saturated heterocycles. The number of aliphatic carboxylic acids is 1. The first-order valence-corrected chi connectivity index (χ1v) is 7.33. The van der Waals surface area contributed by atoms with Crippen molar-refractivity contribution in [1.29, 1.82) is 0 Å². The van der Waals surface area contributed by atoms with Crippen LogP contribution < -0.4 is 9.47 Å². The Bertz CT molecular complexity index is 520. The van der Waals surface area contributed by atoms with Crippen molar-refractivity contribution >= 4 is 11.9 Å². The van der Waals surface area contributed by atoms with E-state index in [1.165, 1.54) is 0 Å². The summed E-state index contributed by atoms with van der Waals surface area (Å²) >= 11 is 0. The van der Waals surface area contributed by atoms with Crippen molar-refractivity contribution in [1.82, 2.24) is 4.90 Å². The fourth-order valence-corrected chi connectivity index (χ4v) is 2.51. The third kappa shape index (κ3) is 3.90. The molecular weight excluding hydrogens is 286 g/mol. The number of carboxylic acid groups (broad SMARTS) is 1. The number of hydrogen-bond acceptors (Lipinski definition) is 4. The topological polar surface area (TPSA) is 76.1 Å². The van der Waals surface area contributed by atoms with Gasteiger partial charge in [-0.25, -0.2) is 0 Å². The summed E-state index contributed by atoms with van der Waals surface area (Å²) in [6, 6.07) is 7.04. The number of carbonyl (C=O) groups excluding carboxylic acids is 1. The lowest BCUT2D eigenvalue weighted by molar-refractivity contribution is -0.147. The van der Waals surface area contributed by atoms with E-state index in [9.17, 15) is 9.59 Å². The van der Waals surface area contributed by atoms with Gasteiger partial charge in [0.1, 0.15) is 11.5 Å². The van der Waals surface area contributed by atoms with Gasteiger partial charge in [0.15, 0.2) is 6.10 Å². The molecule has 22 heavy (non-hydrogen) atoms. The Balaban J connectivity index is 1.88. The number of carbonyl (C=O) groups is 2. The molecule has 2 rings (SSSR count). The van der Waals surface area contributed by atoms with Crippen LogP contribution in [0.1, 0.15) is 19.8 Å². The Morgan fingerprint density at radius 2 is 1.73 bits per heavy atom. The Morgan fingerprint density at radius 3 is 2.23 bits per heavy atom. The second-order valence-corrected chi connectivity index (χ2v) is 5.37. The summed E-state index contributed by atoms with van der Waals surface area (Å²) in [5, 5.41) is 8.97. The van der Waals surface area contributed by atoms with Gasteiger partial charge < -0.3 is 19.5 Å². The third-order valence-electron chi connectivity index (χ3n) is 3.88. The van der Waals surface area contributed by atoms with E-state index in [-0.39, 0.29) is 11.8 Å². The van der Waals surface area contributed by atoms with E-state index < -0.39 is 12.1 Å². The number of amides is 1. The predicted molar refractivity (Wildman–Crippen MR) is 80.0 cm³/mol. The first-order valence-electron chi connectivity index (χ1n) is 7.33. The number of nitrogens with zero attached hydrogens (tertiary/aromatic N) is 1. The van der Waals surface area contributed by atoms with Crippen LogP contribution >= 0.6 is 0 Å². The number of piperidine rings is 1. The summed E-state index contributed by atoms with van der Waals surface area (Å²) < 4.78 is 10.7. The maximum Gasteiger partial charge on any atom is 0.306 e. The lowest BCUT2D eigenvalue weighted by Gasteiger charge is -2.32. The second-order valence-electron chi connectivity index (χ2n) is 5.37. The molecule has 0 radical (unpaired) electrons. The van der Waals surface area contributed by atoms with Crippen LogP contribution in [0, 0.1) is 5.92 Å². The van der Waals surface area contributed by atoms with Crippen LogP contribution in [0.3, 0.4) is 0 Å². The predicted octanol–water partition coefficient (Wildman–Crippen LogP) is 1.79. The summed E-state index contributed by atoms with van der Waals surface area (Å²) in [6.45, 7) is 2.63. The molecule has 1 amide bonds. The zero-order chi connectivity index (χ0) is 16.1. The van der Waals surface area contributed by atoms with E-state index in [2.05, 4.69) is 0 Å². The van der Waals surface area contributed by atoms with E-state index >= 15 is 0 Å². The summed E-state index contributed by atoms with van der Waals surface area (Å²) in [5.41, 5.74) is 0. The van der Waals surface area contributed by atoms with Gasteiger partial charge in [-0.15, -0.1) is 0 Å². The standard InChI is InChI=1S/C16H21NO5/c1-11(22-14-5-3-13(21-2)4-6-14)15(18)17-9-7-12(8-10-17)16(19)20/h3-6,11-12H,7-10H2,1-2H3,(H,19,20)/t11-/m0/s1. The van der Waals surface area contributed by atoms with Gasteiger partial charge in [0.2, 0.25) is 0 Å². The van der Waals surface area contributed by atoms with Crippen molar-refractivity contribution < 1.29 is 24.2 Å². The van der Waals surface area contributed by atoms with Gasteiger partial charge in [-0.05, 0) is 44.0 Å². The molecule has 0 aliphatic carbocycles. The number of carboxylic acids is 1. The number of rotatable bonds is 5. The van der Waals surface area contributed by atoms with Crippen LogP contribution in [0.15, 0.2) is 24.3 Å². The molecule has 1 aliphatic rings. The highest BCUT2D eigenvalue weighted by atomic mass is 16.5. The van der Waals surface area contributed by atoms with Crippen LogP contribution in [-0.2, 0) is 9.59 Å². The molecule has 1 atom stereocenters. The van der Waals surface area contributed by atoms with E-state index in [0.717, 1.165) is 5.75 Å². The molecule has 0 unspecified atom stereocenters. The molecule has 6 nitrogen and oxygen atoms in total. The van der Waals surface area contributed by atoms with Crippen molar-refractivity contribution in [2.45, 2.75) is 25.9 Å². The first kappa shape index (κ1) is 16.1. The molecule has 1 aliphatic heterocycles. The lowest BCUT2D eigenvalue weighted by Crippen LogP contribution is -2.45. The molecule has 0 saturated carbocycles. The van der Waals surface area contributed by atoms with E-state index in [4.69, 9.17) is 14.6 Å². The molecule has 0 aromatic heterocycles. The van der Waals surface area contributed by atoms with Crippen molar-refractivity contribution in [2.24, 2.45) is 5.92 Å². The van der Waals surface area contributed by atoms with Gasteiger partial charge in [-0.2, -0.15) is 0 Å². The highest BCUT2D eigenvalue weighted by Gasteiger charge is 2.29. The molecule has 1 aromatic carbocycles. The van der Waals surface area contributed by atoms with Gasteiger partial charge in [0, 0.05) is 13.1 Å². The zero-order valence-electron chi connectivity index (χ0n) is 12.8. The lowest BCUT2D eigenvalue weighted by atomic mass is 9.97. The van der Waals surface area contributed by atoms with Gasteiger partial charge in [-0.1, -0.05) is 0 Å². The number of benzene rings is 1. The monoisotopic (exact) mass is 307 g/mol. The van der Waals surface area contributed by atoms with Crippen LogP contribution in [0.25, 0.3) is 0 Å². The Morgan fingerprint density at radius 1 is 1.18 bits per heavy atom. The van der Waals surface area contributed by atoms with Crippen molar-refractivity contribution in [3.05, 3.63) is 24.3 Å². The summed E-state index contributed by atoms with van der Waals surface area (Å²) in [7, 11) is 1.59. The Labute approximate surface area is 129 Å². The molecule has 1 fully saturated rings. The SMILES string of the molecule is COc1ccc(O[C@@H](C)C(=O)N2CCC(C(=O)O)CC2)cc1. The number of ether oxygens (including phenoxy) is 2. The maximum atomic E-state index is 12.3. The average molecular weight is 307 g/mol. The smallest absolute Gasteiger partial charge is 0.306 e. The van der Waals surface area contributed by atoms with E-state index in [0.29, 0.717) is 31.7 Å². The largest absolute Gasteiger partial charge is 0.497 e. The molecule has 0 bridgehead atoms. The average Bonchev–Trinajstić information content (AvgIpc) is 2.55. The zero-order valence-corrected chi connectivity index (χ0v) is 12.8. The molecule has 1 heterocycles. The normalized spacial score (nSPS) is 16.9. The quantitative estimate of drug-likeness (QED) is 0.897. The Kier molecular flexibility index (Phi) is 5.25. The van der Waals surface area contributed by atoms with Crippen molar-refractivity contribution in [2.75, 3.05) is 20.2 Å². The third-order valence-corrected chi connectivity index (χ3v) is 3.88. The van der Waals surface area contributed by atoms with E-state index in [1.54, 1.807) is 43.2 Å². The second kappa shape index (κ2) is 7.15. The van der Waals surface area contributed by atoms with Crippen LogP contribution in [-0.4, -0.2) is 48.2 Å². The molecule has 1 N–H and O–H groups in total. The first-order chi connectivity index (χ1) is 10.5. The number of hydrogen-bond donors (Lipinski definition) is 1. The van der Waals surface area contributed by atoms with E-state index in [1.807, 2.05) is 0 Å². The summed E-state index contributed by atoms with van der Waals surface area (Å²) in [6.07, 6.45) is 0.391. The fourth-order valence-electron chi connectivity index (χ4n) is 2.51. The minimum Gasteiger partial charge on any atom is -0.497 e. The summed E-state index contributed by atoms with van der Waals surface area (Å²) in [5.74, 6) is 0.0836. The molecule has 1 aromatic rings. The van der Waals surface area contributed by atoms with Gasteiger partial charge in [-0.3, -0.25) is 9.59 Å². The molecule has 0 spiro atoms. The van der Waals surface area contributed by atoms with Gasteiger partial charge in [0.05, 0.1) is 13.0 Å². The maximum absolute atomic E-state index is 12.3. The summed E-state index contributed by atoms with van der Waals surface area (Å²) in [4.78, 5) is 24.9. The highest BCUT2D eigenvalue weighted by Crippen LogP contribution is 2.21. The molecular formula is C16H21NO5. The van der Waals surface area contributed by atoms with Crippen LogP contribution in [0.4, 0.5) is 0 Å². The number of methoxy groups -OCH3 is 1. The van der Waals surface area contributed by atoms with Gasteiger partial charge in [0.25, 0.3) is 5.91 Å².